The van der Waals surface area contributed by atoms with Crippen LogP contribution in [0.25, 0.3) is 0 Å². The average Bonchev–Trinajstić information content (AvgIpc) is 2.51. The molecule has 1 amide bonds. The number of benzene rings is 2. The number of carbonyl (C=O) groups excluding carboxylic acids is 1. The van der Waals surface area contributed by atoms with E-state index in [9.17, 15) is 17.6 Å². The van der Waals surface area contributed by atoms with Gasteiger partial charge in [-0.25, -0.2) is 12.8 Å². The SMILES string of the molecule is Cc1c(Cl)cccc1NC(=O)C(C)NS(=O)(=O)c1ccc(F)cc1. The van der Waals surface area contributed by atoms with Gasteiger partial charge in [0.1, 0.15) is 5.82 Å². The van der Waals surface area contributed by atoms with Crippen molar-refractivity contribution in [1.29, 1.82) is 0 Å². The minimum atomic E-state index is -3.94. The van der Waals surface area contributed by atoms with Crippen LogP contribution >= 0.6 is 11.6 Å². The van der Waals surface area contributed by atoms with E-state index in [4.69, 9.17) is 11.6 Å². The van der Waals surface area contributed by atoms with Gasteiger partial charge in [-0.15, -0.1) is 0 Å². The van der Waals surface area contributed by atoms with Crippen LogP contribution in [0.2, 0.25) is 5.02 Å². The summed E-state index contributed by atoms with van der Waals surface area (Å²) in [4.78, 5) is 12.1. The lowest BCUT2D eigenvalue weighted by molar-refractivity contribution is -0.117. The molecule has 8 heteroatoms. The number of halogens is 2. The lowest BCUT2D eigenvalue weighted by atomic mass is 10.2. The smallest absolute Gasteiger partial charge is 0.242 e. The van der Waals surface area contributed by atoms with E-state index in [0.29, 0.717) is 16.3 Å². The molecule has 0 fully saturated rings. The lowest BCUT2D eigenvalue weighted by Crippen LogP contribution is -2.41. The second-order valence-electron chi connectivity index (χ2n) is 5.20. The second kappa shape index (κ2) is 7.29. The highest BCUT2D eigenvalue weighted by Crippen LogP contribution is 2.23. The maximum absolute atomic E-state index is 12.9. The van der Waals surface area contributed by atoms with Gasteiger partial charge >= 0.3 is 0 Å². The van der Waals surface area contributed by atoms with Crippen molar-refractivity contribution >= 4 is 33.2 Å². The van der Waals surface area contributed by atoms with Crippen molar-refractivity contribution in [2.45, 2.75) is 24.8 Å². The number of hydrogen-bond acceptors (Lipinski definition) is 3. The molecule has 0 aliphatic heterocycles. The summed E-state index contributed by atoms with van der Waals surface area (Å²) >= 11 is 5.98. The summed E-state index contributed by atoms with van der Waals surface area (Å²) in [6.07, 6.45) is 0. The van der Waals surface area contributed by atoms with Gasteiger partial charge in [-0.05, 0) is 55.8 Å². The summed E-state index contributed by atoms with van der Waals surface area (Å²) in [7, 11) is -3.94. The van der Waals surface area contributed by atoms with Crippen LogP contribution < -0.4 is 10.0 Å². The molecule has 1 unspecified atom stereocenters. The molecule has 0 saturated carbocycles. The minimum Gasteiger partial charge on any atom is -0.324 e. The summed E-state index contributed by atoms with van der Waals surface area (Å²) in [6.45, 7) is 3.15. The Labute approximate surface area is 144 Å². The maximum atomic E-state index is 12.9. The van der Waals surface area contributed by atoms with E-state index in [1.165, 1.54) is 6.92 Å². The molecule has 5 nitrogen and oxygen atoms in total. The van der Waals surface area contributed by atoms with Gasteiger partial charge in [-0.1, -0.05) is 17.7 Å². The molecule has 1 atom stereocenters. The Bertz CT molecular complexity index is 854. The predicted octanol–water partition coefficient (Wildman–Crippen LogP) is 3.09. The van der Waals surface area contributed by atoms with Crippen molar-refractivity contribution in [3.8, 4) is 0 Å². The summed E-state index contributed by atoms with van der Waals surface area (Å²) in [5.41, 5.74) is 1.18. The van der Waals surface area contributed by atoms with E-state index < -0.39 is 27.8 Å². The zero-order valence-corrected chi connectivity index (χ0v) is 14.6. The molecule has 2 N–H and O–H groups in total. The molecule has 2 aromatic carbocycles. The van der Waals surface area contributed by atoms with E-state index in [2.05, 4.69) is 10.0 Å². The Hall–Kier alpha value is -1.96. The maximum Gasteiger partial charge on any atom is 0.242 e. The summed E-state index contributed by atoms with van der Waals surface area (Å²) in [5, 5.41) is 3.12. The molecule has 0 spiro atoms. The van der Waals surface area contributed by atoms with Gasteiger partial charge in [0.25, 0.3) is 0 Å². The first kappa shape index (κ1) is 18.4. The Morgan fingerprint density at radius 2 is 1.79 bits per heavy atom. The van der Waals surface area contributed by atoms with Gasteiger partial charge in [-0.3, -0.25) is 4.79 Å². The number of amides is 1. The molecule has 0 aliphatic carbocycles. The fourth-order valence-corrected chi connectivity index (χ4v) is 3.33. The summed E-state index contributed by atoms with van der Waals surface area (Å²) < 4.78 is 39.5. The third-order valence-corrected chi connectivity index (χ3v) is 5.34. The zero-order valence-electron chi connectivity index (χ0n) is 13.0. The summed E-state index contributed by atoms with van der Waals surface area (Å²) in [5.74, 6) is -1.08. The molecule has 0 aromatic heterocycles. The molecular weight excluding hydrogens is 355 g/mol. The Morgan fingerprint density at radius 1 is 1.17 bits per heavy atom. The topological polar surface area (TPSA) is 75.3 Å². The Morgan fingerprint density at radius 3 is 2.42 bits per heavy atom. The third kappa shape index (κ3) is 4.31. The van der Waals surface area contributed by atoms with E-state index in [1.807, 2.05) is 0 Å². The van der Waals surface area contributed by atoms with Gasteiger partial charge in [0, 0.05) is 10.7 Å². The Kier molecular flexibility index (Phi) is 5.58. The summed E-state index contributed by atoms with van der Waals surface area (Å²) in [6, 6.07) is 8.33. The van der Waals surface area contributed by atoms with Crippen LogP contribution in [0, 0.1) is 12.7 Å². The largest absolute Gasteiger partial charge is 0.324 e. The molecule has 0 radical (unpaired) electrons. The van der Waals surface area contributed by atoms with Crippen molar-refractivity contribution in [3.63, 3.8) is 0 Å². The molecule has 128 valence electrons. The van der Waals surface area contributed by atoms with Crippen molar-refractivity contribution < 1.29 is 17.6 Å². The second-order valence-corrected chi connectivity index (χ2v) is 7.32. The van der Waals surface area contributed by atoms with Gasteiger partial charge in [-0.2, -0.15) is 4.72 Å². The first-order valence-electron chi connectivity index (χ1n) is 7.04. The molecular formula is C16H16ClFN2O3S. The standard InChI is InChI=1S/C16H16ClFN2O3S/c1-10-14(17)4-3-5-15(10)19-16(21)11(2)20-24(22,23)13-8-6-12(18)7-9-13/h3-9,11,20H,1-2H3,(H,19,21). The predicted molar refractivity (Wildman–Crippen MR) is 91.0 cm³/mol. The third-order valence-electron chi connectivity index (χ3n) is 3.37. The lowest BCUT2D eigenvalue weighted by Gasteiger charge is -2.16. The molecule has 2 rings (SSSR count). The van der Waals surface area contributed by atoms with Crippen molar-refractivity contribution in [2.75, 3.05) is 5.32 Å². The van der Waals surface area contributed by atoms with Crippen LogP contribution in [0.3, 0.4) is 0 Å². The quantitative estimate of drug-likeness (QED) is 0.849. The highest BCUT2D eigenvalue weighted by molar-refractivity contribution is 7.89. The highest BCUT2D eigenvalue weighted by Gasteiger charge is 2.22. The normalized spacial score (nSPS) is 12.7. The number of sulfonamides is 1. The van der Waals surface area contributed by atoms with Crippen molar-refractivity contribution in [3.05, 3.63) is 58.9 Å². The molecule has 2 aromatic rings. The number of hydrogen-bond donors (Lipinski definition) is 2. The first-order valence-corrected chi connectivity index (χ1v) is 8.90. The van der Waals surface area contributed by atoms with Crippen LogP contribution in [0.15, 0.2) is 47.4 Å². The van der Waals surface area contributed by atoms with Gasteiger partial charge in [0.15, 0.2) is 0 Å². The molecule has 0 heterocycles. The molecule has 0 saturated heterocycles. The number of anilines is 1. The van der Waals surface area contributed by atoms with E-state index in [-0.39, 0.29) is 4.90 Å². The fourth-order valence-electron chi connectivity index (χ4n) is 1.95. The minimum absolute atomic E-state index is 0.123. The van der Waals surface area contributed by atoms with Gasteiger partial charge in [0.2, 0.25) is 15.9 Å². The van der Waals surface area contributed by atoms with Crippen molar-refractivity contribution in [2.24, 2.45) is 0 Å². The molecule has 24 heavy (non-hydrogen) atoms. The van der Waals surface area contributed by atoms with Gasteiger partial charge in [0.05, 0.1) is 10.9 Å². The average molecular weight is 371 g/mol. The number of carbonyl (C=O) groups is 1. The number of nitrogens with one attached hydrogen (secondary N) is 2. The molecule has 0 bridgehead atoms. The van der Waals surface area contributed by atoms with E-state index in [1.54, 1.807) is 25.1 Å². The van der Waals surface area contributed by atoms with Crippen LogP contribution in [-0.2, 0) is 14.8 Å². The van der Waals surface area contributed by atoms with Crippen LogP contribution in [0.4, 0.5) is 10.1 Å². The van der Waals surface area contributed by atoms with Crippen LogP contribution in [0.1, 0.15) is 12.5 Å². The highest BCUT2D eigenvalue weighted by atomic mass is 35.5. The van der Waals surface area contributed by atoms with Gasteiger partial charge < -0.3 is 5.32 Å². The zero-order chi connectivity index (χ0) is 17.9. The number of rotatable bonds is 5. The monoisotopic (exact) mass is 370 g/mol. The molecule has 0 aliphatic rings. The van der Waals surface area contributed by atoms with Crippen molar-refractivity contribution in [1.82, 2.24) is 4.72 Å². The van der Waals surface area contributed by atoms with E-state index >= 15 is 0 Å². The van der Waals surface area contributed by atoms with Crippen LogP contribution in [0.5, 0.6) is 0 Å². The van der Waals surface area contributed by atoms with Crippen LogP contribution in [-0.4, -0.2) is 20.4 Å². The van der Waals surface area contributed by atoms with E-state index in [0.717, 1.165) is 24.3 Å². The first-order chi connectivity index (χ1) is 11.2. The Balaban J connectivity index is 2.11. The fraction of sp³-hybridized carbons (Fsp3) is 0.188.